The number of carbonyl (C=O) groups is 1. The number of aromatic nitrogens is 4. The summed E-state index contributed by atoms with van der Waals surface area (Å²) in [6, 6.07) is 15.3. The first-order valence-corrected chi connectivity index (χ1v) is 10.3. The number of anilines is 1. The number of nitrogens with zero attached hydrogens (tertiary/aromatic N) is 4. The lowest BCUT2D eigenvalue weighted by Crippen LogP contribution is -2.24. The van der Waals surface area contributed by atoms with Crippen molar-refractivity contribution < 1.29 is 4.79 Å². The van der Waals surface area contributed by atoms with Gasteiger partial charge in [0.05, 0.1) is 17.4 Å². The monoisotopic (exact) mass is 401 g/mol. The summed E-state index contributed by atoms with van der Waals surface area (Å²) in [5.41, 5.74) is 2.26. The summed E-state index contributed by atoms with van der Waals surface area (Å²) in [6.07, 6.45) is 4.55. The van der Waals surface area contributed by atoms with Gasteiger partial charge in [0.2, 0.25) is 11.7 Å². The van der Waals surface area contributed by atoms with Crippen LogP contribution in [-0.2, 0) is 11.3 Å². The lowest BCUT2D eigenvalue weighted by atomic mass is 10.1. The molecule has 0 atom stereocenters. The zero-order valence-corrected chi connectivity index (χ0v) is 16.8. The van der Waals surface area contributed by atoms with E-state index in [-0.39, 0.29) is 11.5 Å². The zero-order chi connectivity index (χ0) is 20.7. The van der Waals surface area contributed by atoms with Gasteiger partial charge in [-0.1, -0.05) is 43.2 Å². The van der Waals surface area contributed by atoms with Gasteiger partial charge in [-0.2, -0.15) is 0 Å². The van der Waals surface area contributed by atoms with Gasteiger partial charge in [-0.05, 0) is 36.6 Å². The molecule has 7 nitrogen and oxygen atoms in total. The Balaban J connectivity index is 1.78. The molecule has 1 N–H and O–H groups in total. The van der Waals surface area contributed by atoms with E-state index in [1.165, 1.54) is 19.8 Å². The molecule has 4 aromatic rings. The van der Waals surface area contributed by atoms with Crippen molar-refractivity contribution in [3.8, 4) is 0 Å². The van der Waals surface area contributed by atoms with Crippen molar-refractivity contribution in [2.45, 2.75) is 45.1 Å². The smallest absolute Gasteiger partial charge is 0.263 e. The Bertz CT molecular complexity index is 1300. The summed E-state index contributed by atoms with van der Waals surface area (Å²) in [5.74, 6) is 1.66. The van der Waals surface area contributed by atoms with Crippen LogP contribution in [0.2, 0.25) is 0 Å². The number of hydrogen-bond acceptors (Lipinski definition) is 4. The van der Waals surface area contributed by atoms with Crippen LogP contribution in [0, 0.1) is 0 Å². The minimum absolute atomic E-state index is 0.140. The Kier molecular flexibility index (Phi) is 4.58. The molecular weight excluding hydrogens is 378 g/mol. The molecule has 1 aliphatic carbocycles. The Morgan fingerprint density at radius 3 is 2.60 bits per heavy atom. The number of benzene rings is 2. The third kappa shape index (κ3) is 3.16. The predicted octanol–water partition coefficient (Wildman–Crippen LogP) is 3.71. The van der Waals surface area contributed by atoms with Gasteiger partial charge in [-0.25, -0.2) is 0 Å². The van der Waals surface area contributed by atoms with Gasteiger partial charge in [0, 0.05) is 18.5 Å². The van der Waals surface area contributed by atoms with Crippen LogP contribution in [0.25, 0.3) is 16.7 Å². The molecule has 5 rings (SSSR count). The number of amides is 1. The van der Waals surface area contributed by atoms with E-state index in [1.807, 2.05) is 46.9 Å². The molecule has 1 fully saturated rings. The molecule has 0 unspecified atom stereocenters. The largest absolute Gasteiger partial charge is 0.326 e. The normalized spacial score (nSPS) is 14.6. The third-order valence-corrected chi connectivity index (χ3v) is 5.85. The van der Waals surface area contributed by atoms with Crippen molar-refractivity contribution in [1.29, 1.82) is 0 Å². The van der Waals surface area contributed by atoms with Crippen LogP contribution < -0.4 is 10.9 Å². The number of hydrogen-bond donors (Lipinski definition) is 1. The van der Waals surface area contributed by atoms with Crippen LogP contribution >= 0.6 is 0 Å². The van der Waals surface area contributed by atoms with E-state index >= 15 is 0 Å². The van der Waals surface area contributed by atoms with Crippen molar-refractivity contribution in [2.24, 2.45) is 0 Å². The summed E-state index contributed by atoms with van der Waals surface area (Å²) in [4.78, 5) is 25.0. The first kappa shape index (κ1) is 18.5. The first-order valence-electron chi connectivity index (χ1n) is 10.3. The fourth-order valence-corrected chi connectivity index (χ4v) is 4.47. The van der Waals surface area contributed by atoms with E-state index in [2.05, 4.69) is 15.5 Å². The van der Waals surface area contributed by atoms with Crippen LogP contribution in [-0.4, -0.2) is 25.1 Å². The highest BCUT2D eigenvalue weighted by Crippen LogP contribution is 2.34. The second-order valence-electron chi connectivity index (χ2n) is 7.97. The van der Waals surface area contributed by atoms with Gasteiger partial charge in [-0.15, -0.1) is 10.2 Å². The Hall–Kier alpha value is -3.48. The molecule has 30 heavy (non-hydrogen) atoms. The summed E-state index contributed by atoms with van der Waals surface area (Å²) in [5, 5.41) is 12.3. The van der Waals surface area contributed by atoms with Gasteiger partial charge in [-0.3, -0.25) is 18.6 Å². The number of fused-ring (bicyclic) bond motifs is 3. The van der Waals surface area contributed by atoms with E-state index in [0.717, 1.165) is 29.7 Å². The molecule has 152 valence electrons. The third-order valence-electron chi connectivity index (χ3n) is 5.85. The highest BCUT2D eigenvalue weighted by atomic mass is 16.1. The molecule has 1 saturated carbocycles. The topological polar surface area (TPSA) is 81.3 Å². The maximum atomic E-state index is 13.5. The lowest BCUT2D eigenvalue weighted by Gasteiger charge is -2.14. The van der Waals surface area contributed by atoms with Crippen molar-refractivity contribution >= 4 is 28.3 Å². The molecule has 1 aliphatic rings. The molecule has 2 aromatic heterocycles. The zero-order valence-electron chi connectivity index (χ0n) is 16.8. The highest BCUT2D eigenvalue weighted by Gasteiger charge is 2.25. The summed E-state index contributed by atoms with van der Waals surface area (Å²) in [6.45, 7) is 1.87. The first-order chi connectivity index (χ1) is 14.6. The molecule has 0 spiro atoms. The summed E-state index contributed by atoms with van der Waals surface area (Å²) < 4.78 is 3.72. The molecule has 1 amide bonds. The minimum atomic E-state index is -0.170. The maximum absolute atomic E-state index is 13.5. The highest BCUT2D eigenvalue weighted by molar-refractivity contribution is 5.92. The summed E-state index contributed by atoms with van der Waals surface area (Å²) in [7, 11) is 0. The second kappa shape index (κ2) is 7.40. The molecule has 7 heteroatoms. The molecule has 2 aromatic carbocycles. The van der Waals surface area contributed by atoms with Crippen LogP contribution in [0.1, 0.15) is 49.9 Å². The number of rotatable bonds is 4. The van der Waals surface area contributed by atoms with Crippen LogP contribution in [0.3, 0.4) is 0 Å². The predicted molar refractivity (Wildman–Crippen MR) is 116 cm³/mol. The fourth-order valence-electron chi connectivity index (χ4n) is 4.47. The Morgan fingerprint density at radius 2 is 1.87 bits per heavy atom. The van der Waals surface area contributed by atoms with Gasteiger partial charge in [0.25, 0.3) is 5.56 Å². The second-order valence-corrected chi connectivity index (χ2v) is 7.97. The van der Waals surface area contributed by atoms with Gasteiger partial charge >= 0.3 is 0 Å². The van der Waals surface area contributed by atoms with E-state index in [9.17, 15) is 9.59 Å². The quantitative estimate of drug-likeness (QED) is 0.565. The lowest BCUT2D eigenvalue weighted by molar-refractivity contribution is -0.114. The fraction of sp³-hybridized carbons (Fsp3) is 0.304. The van der Waals surface area contributed by atoms with E-state index in [0.29, 0.717) is 29.3 Å². The minimum Gasteiger partial charge on any atom is -0.326 e. The van der Waals surface area contributed by atoms with E-state index in [4.69, 9.17) is 0 Å². The molecule has 0 aliphatic heterocycles. The van der Waals surface area contributed by atoms with Crippen LogP contribution in [0.15, 0.2) is 53.3 Å². The van der Waals surface area contributed by atoms with Crippen molar-refractivity contribution in [2.75, 3.05) is 5.32 Å². The van der Waals surface area contributed by atoms with E-state index in [1.54, 1.807) is 10.6 Å². The van der Waals surface area contributed by atoms with E-state index < -0.39 is 0 Å². The maximum Gasteiger partial charge on any atom is 0.263 e. The molecule has 0 radical (unpaired) electrons. The van der Waals surface area contributed by atoms with Gasteiger partial charge in [0.15, 0.2) is 0 Å². The molecular formula is C23H23N5O2. The summed E-state index contributed by atoms with van der Waals surface area (Å²) >= 11 is 0. The van der Waals surface area contributed by atoms with Gasteiger partial charge in [0.1, 0.15) is 5.82 Å². The Morgan fingerprint density at radius 1 is 1.10 bits per heavy atom. The van der Waals surface area contributed by atoms with Crippen molar-refractivity contribution in [3.05, 3.63) is 70.3 Å². The number of carbonyl (C=O) groups excluding carboxylic acids is 1. The number of nitrogens with one attached hydrogen (secondary N) is 1. The van der Waals surface area contributed by atoms with Crippen LogP contribution in [0.5, 0.6) is 0 Å². The standard InChI is InChI=1S/C23H23N5O2/c1-15(29)24-18-11-12-20-19(13-18)22(30)27(14-16-7-3-2-4-8-16)23-26-25-21(28(20)23)17-9-5-6-10-17/h2-4,7-8,11-13,17H,5-6,9-10,14H2,1H3,(H,24,29). The average Bonchev–Trinajstić information content (AvgIpc) is 3.41. The molecule has 2 heterocycles. The molecule has 0 bridgehead atoms. The van der Waals surface area contributed by atoms with Crippen LogP contribution in [0.4, 0.5) is 5.69 Å². The van der Waals surface area contributed by atoms with Crippen molar-refractivity contribution in [3.63, 3.8) is 0 Å². The van der Waals surface area contributed by atoms with Crippen molar-refractivity contribution in [1.82, 2.24) is 19.2 Å². The molecule has 0 saturated heterocycles. The average molecular weight is 401 g/mol. The SMILES string of the molecule is CC(=O)Nc1ccc2c(c1)c(=O)n(Cc1ccccc1)c1nnc(C3CCCC3)n21. The Labute approximate surface area is 173 Å². The van der Waals surface area contributed by atoms with Gasteiger partial charge < -0.3 is 5.32 Å².